The summed E-state index contributed by atoms with van der Waals surface area (Å²) in [7, 11) is 3.49. The third-order valence-corrected chi connectivity index (χ3v) is 3.00. The van der Waals surface area contributed by atoms with E-state index in [1.165, 1.54) is 0 Å². The van der Waals surface area contributed by atoms with Crippen molar-refractivity contribution in [2.75, 3.05) is 13.6 Å². The molecule has 1 aromatic heterocycles. The molecule has 0 fully saturated rings. The molecule has 1 aromatic rings. The third-order valence-electron chi connectivity index (χ3n) is 2.60. The Morgan fingerprint density at radius 2 is 2.29 bits per heavy atom. The second-order valence-electron chi connectivity index (χ2n) is 4.28. The number of thiocarbonyl (C=S) groups is 1. The molecule has 1 atom stereocenters. The van der Waals surface area contributed by atoms with Crippen LogP contribution in [0.2, 0.25) is 0 Å². The summed E-state index contributed by atoms with van der Waals surface area (Å²) in [6, 6.07) is 1.77. The smallest absolute Gasteiger partial charge is 0.271 e. The predicted octanol–water partition coefficient (Wildman–Crippen LogP) is 0.723. The van der Waals surface area contributed by atoms with Crippen molar-refractivity contribution < 1.29 is 4.79 Å². The molecule has 1 heterocycles. The number of aryl methyl sites for hydroxylation is 2. The first kappa shape index (κ1) is 13.6. The first-order valence-corrected chi connectivity index (χ1v) is 5.79. The first-order valence-electron chi connectivity index (χ1n) is 5.38. The van der Waals surface area contributed by atoms with Crippen LogP contribution in [-0.2, 0) is 7.05 Å². The zero-order valence-electron chi connectivity index (χ0n) is 10.6. The molecule has 0 spiro atoms. The van der Waals surface area contributed by atoms with Crippen molar-refractivity contribution in [2.24, 2.45) is 18.7 Å². The van der Waals surface area contributed by atoms with Gasteiger partial charge in [-0.3, -0.25) is 9.48 Å². The van der Waals surface area contributed by atoms with Gasteiger partial charge in [0.15, 0.2) is 0 Å². The second kappa shape index (κ2) is 5.27. The Morgan fingerprint density at radius 1 is 1.71 bits per heavy atom. The molecular formula is C11H18N4OS. The summed E-state index contributed by atoms with van der Waals surface area (Å²) in [6.07, 6.45) is 0. The largest absolute Gasteiger partial charge is 0.393 e. The lowest BCUT2D eigenvalue weighted by molar-refractivity contribution is 0.0776. The van der Waals surface area contributed by atoms with Gasteiger partial charge in [0.2, 0.25) is 0 Å². The van der Waals surface area contributed by atoms with Crippen LogP contribution in [0.15, 0.2) is 6.07 Å². The lowest BCUT2D eigenvalue weighted by Crippen LogP contribution is -2.36. The van der Waals surface area contributed by atoms with E-state index in [0.717, 1.165) is 5.69 Å². The van der Waals surface area contributed by atoms with Crippen molar-refractivity contribution in [1.82, 2.24) is 14.7 Å². The van der Waals surface area contributed by atoms with Crippen LogP contribution in [-0.4, -0.2) is 39.2 Å². The molecule has 2 N–H and O–H groups in total. The highest BCUT2D eigenvalue weighted by Gasteiger charge is 2.18. The van der Waals surface area contributed by atoms with Crippen molar-refractivity contribution in [2.45, 2.75) is 13.8 Å². The van der Waals surface area contributed by atoms with Gasteiger partial charge in [0.25, 0.3) is 5.91 Å². The van der Waals surface area contributed by atoms with Crippen molar-refractivity contribution in [3.05, 3.63) is 17.5 Å². The Kier molecular flexibility index (Phi) is 4.22. The van der Waals surface area contributed by atoms with E-state index in [0.29, 0.717) is 17.2 Å². The lowest BCUT2D eigenvalue weighted by Gasteiger charge is -2.20. The molecule has 1 unspecified atom stereocenters. The minimum absolute atomic E-state index is 0.00766. The molecule has 0 radical (unpaired) electrons. The highest BCUT2D eigenvalue weighted by atomic mass is 32.1. The average molecular weight is 254 g/mol. The van der Waals surface area contributed by atoms with E-state index < -0.39 is 0 Å². The number of hydrogen-bond acceptors (Lipinski definition) is 3. The molecule has 0 saturated heterocycles. The van der Waals surface area contributed by atoms with Crippen molar-refractivity contribution in [3.8, 4) is 0 Å². The van der Waals surface area contributed by atoms with Crippen molar-refractivity contribution in [1.29, 1.82) is 0 Å². The standard InChI is InChI=1S/C11H18N4OS/c1-7(10(12)17)6-14(3)11(16)9-5-8(2)13-15(9)4/h5,7H,6H2,1-4H3,(H2,12,17). The average Bonchev–Trinajstić information content (AvgIpc) is 2.56. The maximum atomic E-state index is 12.1. The van der Waals surface area contributed by atoms with Gasteiger partial charge in [-0.1, -0.05) is 19.1 Å². The van der Waals surface area contributed by atoms with Gasteiger partial charge in [0.1, 0.15) is 5.69 Å². The normalized spacial score (nSPS) is 12.2. The van der Waals surface area contributed by atoms with Crippen LogP contribution in [0.25, 0.3) is 0 Å². The SMILES string of the molecule is Cc1cc(C(=O)N(C)CC(C)C(N)=S)n(C)n1. The van der Waals surface area contributed by atoms with E-state index in [1.807, 2.05) is 13.8 Å². The molecule has 6 heteroatoms. The Balaban J connectivity index is 2.77. The van der Waals surface area contributed by atoms with Crippen LogP contribution in [0.3, 0.4) is 0 Å². The number of nitrogens with two attached hydrogens (primary N) is 1. The molecule has 0 bridgehead atoms. The van der Waals surface area contributed by atoms with Gasteiger partial charge in [-0.2, -0.15) is 5.10 Å². The molecule has 0 saturated carbocycles. The lowest BCUT2D eigenvalue weighted by atomic mass is 10.1. The summed E-state index contributed by atoms with van der Waals surface area (Å²) in [5.41, 5.74) is 6.93. The van der Waals surface area contributed by atoms with E-state index in [2.05, 4.69) is 5.10 Å². The van der Waals surface area contributed by atoms with Crippen LogP contribution in [0.4, 0.5) is 0 Å². The van der Waals surface area contributed by atoms with Gasteiger partial charge in [-0.25, -0.2) is 0 Å². The number of hydrogen-bond donors (Lipinski definition) is 1. The third kappa shape index (κ3) is 3.26. The first-order chi connectivity index (χ1) is 7.82. The van der Waals surface area contributed by atoms with Crippen LogP contribution in [0.1, 0.15) is 23.1 Å². The molecule has 0 aromatic carbocycles. The van der Waals surface area contributed by atoms with E-state index in [-0.39, 0.29) is 11.8 Å². The maximum absolute atomic E-state index is 12.1. The summed E-state index contributed by atoms with van der Waals surface area (Å²) in [5.74, 6) is -0.0653. The van der Waals surface area contributed by atoms with Crippen LogP contribution >= 0.6 is 12.2 Å². The fourth-order valence-electron chi connectivity index (χ4n) is 1.59. The maximum Gasteiger partial charge on any atom is 0.271 e. The molecule has 0 aliphatic heterocycles. The van der Waals surface area contributed by atoms with Crippen molar-refractivity contribution in [3.63, 3.8) is 0 Å². The number of amides is 1. The van der Waals surface area contributed by atoms with Crippen LogP contribution < -0.4 is 5.73 Å². The molecule has 1 rings (SSSR count). The zero-order chi connectivity index (χ0) is 13.2. The van der Waals surface area contributed by atoms with Gasteiger partial charge < -0.3 is 10.6 Å². The fraction of sp³-hybridized carbons (Fsp3) is 0.545. The summed E-state index contributed by atoms with van der Waals surface area (Å²) in [4.78, 5) is 14.2. The monoisotopic (exact) mass is 254 g/mol. The molecule has 0 aliphatic carbocycles. The Labute approximate surface area is 107 Å². The molecule has 94 valence electrons. The van der Waals surface area contributed by atoms with E-state index in [1.54, 1.807) is 29.7 Å². The summed E-state index contributed by atoms with van der Waals surface area (Å²) in [5, 5.41) is 4.15. The summed E-state index contributed by atoms with van der Waals surface area (Å²) < 4.78 is 1.58. The highest BCUT2D eigenvalue weighted by molar-refractivity contribution is 7.80. The van der Waals surface area contributed by atoms with Gasteiger partial charge in [-0.05, 0) is 13.0 Å². The summed E-state index contributed by atoms with van der Waals surface area (Å²) >= 11 is 4.89. The number of aromatic nitrogens is 2. The molecular weight excluding hydrogens is 236 g/mol. The number of carbonyl (C=O) groups is 1. The van der Waals surface area contributed by atoms with Gasteiger partial charge in [-0.15, -0.1) is 0 Å². The van der Waals surface area contributed by atoms with Crippen LogP contribution in [0, 0.1) is 12.8 Å². The highest BCUT2D eigenvalue weighted by Crippen LogP contribution is 2.07. The Morgan fingerprint density at radius 3 is 2.71 bits per heavy atom. The van der Waals surface area contributed by atoms with E-state index in [4.69, 9.17) is 18.0 Å². The minimum atomic E-state index is -0.0730. The Bertz CT molecular complexity index is 441. The second-order valence-corrected chi connectivity index (χ2v) is 4.76. The topological polar surface area (TPSA) is 64.2 Å². The van der Waals surface area contributed by atoms with Crippen molar-refractivity contribution >= 4 is 23.1 Å². The van der Waals surface area contributed by atoms with Gasteiger partial charge in [0.05, 0.1) is 10.7 Å². The number of carbonyl (C=O) groups excluding carboxylic acids is 1. The fourth-order valence-corrected chi connectivity index (χ4v) is 1.66. The zero-order valence-corrected chi connectivity index (χ0v) is 11.4. The molecule has 5 nitrogen and oxygen atoms in total. The Hall–Kier alpha value is -1.43. The number of nitrogens with zero attached hydrogens (tertiary/aromatic N) is 3. The molecule has 17 heavy (non-hydrogen) atoms. The number of rotatable bonds is 4. The van der Waals surface area contributed by atoms with Crippen LogP contribution in [0.5, 0.6) is 0 Å². The van der Waals surface area contributed by atoms with E-state index >= 15 is 0 Å². The summed E-state index contributed by atoms with van der Waals surface area (Å²) in [6.45, 7) is 4.27. The molecule has 0 aliphatic rings. The predicted molar refractivity (Wildman–Crippen MR) is 70.9 cm³/mol. The minimum Gasteiger partial charge on any atom is -0.393 e. The molecule has 1 amide bonds. The van der Waals surface area contributed by atoms with Gasteiger partial charge >= 0.3 is 0 Å². The van der Waals surface area contributed by atoms with Gasteiger partial charge in [0, 0.05) is 26.6 Å². The quantitative estimate of drug-likeness (QED) is 0.804. The van der Waals surface area contributed by atoms with E-state index in [9.17, 15) is 4.79 Å².